The van der Waals surface area contributed by atoms with Crippen molar-refractivity contribution in [3.8, 4) is 11.7 Å². The Balaban J connectivity index is 1.73. The van der Waals surface area contributed by atoms with E-state index in [1.807, 2.05) is 6.92 Å². The van der Waals surface area contributed by atoms with Crippen molar-refractivity contribution in [2.24, 2.45) is 0 Å². The minimum absolute atomic E-state index is 0.000978. The van der Waals surface area contributed by atoms with Crippen LogP contribution >= 0.6 is 11.8 Å². The molecular formula is C13H16N4O4S. The predicted molar refractivity (Wildman–Crippen MR) is 79.2 cm³/mol. The van der Waals surface area contributed by atoms with Crippen LogP contribution in [0.3, 0.4) is 0 Å². The van der Waals surface area contributed by atoms with Crippen molar-refractivity contribution >= 4 is 23.7 Å². The number of carbonyl (C=O) groups excluding carboxylic acids is 2. The molecular weight excluding hydrogens is 308 g/mol. The fourth-order valence-electron chi connectivity index (χ4n) is 1.48. The zero-order valence-corrected chi connectivity index (χ0v) is 12.8. The highest BCUT2D eigenvalue weighted by atomic mass is 32.2. The van der Waals surface area contributed by atoms with Gasteiger partial charge in [-0.2, -0.15) is 0 Å². The second-order valence-corrected chi connectivity index (χ2v) is 5.22. The molecule has 8 nitrogen and oxygen atoms in total. The van der Waals surface area contributed by atoms with Gasteiger partial charge in [0.25, 0.3) is 11.1 Å². The van der Waals surface area contributed by atoms with E-state index in [9.17, 15) is 9.59 Å². The number of rotatable bonds is 7. The van der Waals surface area contributed by atoms with Gasteiger partial charge < -0.3 is 14.2 Å². The number of nitrogens with zero attached hydrogens (tertiary/aromatic N) is 2. The Morgan fingerprint density at radius 1 is 1.36 bits per heavy atom. The number of carbonyl (C=O) groups is 2. The molecule has 2 aromatic heterocycles. The molecule has 0 aliphatic rings. The molecule has 9 heteroatoms. The summed E-state index contributed by atoms with van der Waals surface area (Å²) in [5.41, 5.74) is 0. The topological polar surface area (TPSA) is 110 Å². The molecule has 118 valence electrons. The number of aromatic nitrogens is 2. The van der Waals surface area contributed by atoms with Crippen molar-refractivity contribution in [2.45, 2.75) is 25.0 Å². The summed E-state index contributed by atoms with van der Waals surface area (Å²) in [6.07, 6.45) is 3.34. The lowest BCUT2D eigenvalue weighted by atomic mass is 10.3. The third kappa shape index (κ3) is 4.92. The summed E-state index contributed by atoms with van der Waals surface area (Å²) in [6.45, 7) is 2.56. The third-order valence-corrected chi connectivity index (χ3v) is 3.35. The molecule has 0 fully saturated rings. The van der Waals surface area contributed by atoms with Crippen LogP contribution in [-0.4, -0.2) is 34.4 Å². The summed E-state index contributed by atoms with van der Waals surface area (Å²) >= 11 is 1.04. The van der Waals surface area contributed by atoms with E-state index >= 15 is 0 Å². The highest BCUT2D eigenvalue weighted by Crippen LogP contribution is 2.22. The molecule has 3 amide bonds. The highest BCUT2D eigenvalue weighted by Gasteiger charge is 2.13. The molecule has 0 atom stereocenters. The van der Waals surface area contributed by atoms with Crippen LogP contribution in [0, 0.1) is 0 Å². The Kier molecular flexibility index (Phi) is 6.01. The summed E-state index contributed by atoms with van der Waals surface area (Å²) < 4.78 is 10.4. The number of unbranched alkanes of at least 4 members (excludes halogenated alkanes) is 1. The summed E-state index contributed by atoms with van der Waals surface area (Å²) in [5.74, 6) is 0.266. The number of amides is 3. The molecule has 0 radical (unpaired) electrons. The lowest BCUT2D eigenvalue weighted by molar-refractivity contribution is -0.117. The Labute approximate surface area is 131 Å². The maximum absolute atomic E-state index is 11.6. The summed E-state index contributed by atoms with van der Waals surface area (Å²) in [5, 5.41) is 12.6. The first-order valence-corrected chi connectivity index (χ1v) is 7.75. The molecule has 0 aromatic carbocycles. The third-order valence-electron chi connectivity index (χ3n) is 2.53. The first kappa shape index (κ1) is 16.1. The summed E-state index contributed by atoms with van der Waals surface area (Å²) in [6, 6.07) is 2.90. The number of furan rings is 1. The van der Waals surface area contributed by atoms with Crippen LogP contribution in [0.2, 0.25) is 0 Å². The molecule has 0 bridgehead atoms. The molecule has 2 heterocycles. The average Bonchev–Trinajstić information content (AvgIpc) is 3.16. The van der Waals surface area contributed by atoms with Crippen molar-refractivity contribution in [1.29, 1.82) is 0 Å². The predicted octanol–water partition coefficient (Wildman–Crippen LogP) is 2.05. The van der Waals surface area contributed by atoms with Crippen molar-refractivity contribution in [3.63, 3.8) is 0 Å². The second kappa shape index (κ2) is 8.23. The van der Waals surface area contributed by atoms with Crippen molar-refractivity contribution in [3.05, 3.63) is 18.4 Å². The van der Waals surface area contributed by atoms with Crippen LogP contribution in [0.15, 0.2) is 32.5 Å². The number of hydrogen-bond acceptors (Lipinski definition) is 7. The van der Waals surface area contributed by atoms with Gasteiger partial charge in [-0.3, -0.25) is 10.1 Å². The van der Waals surface area contributed by atoms with Gasteiger partial charge in [0.1, 0.15) is 0 Å². The van der Waals surface area contributed by atoms with Gasteiger partial charge in [-0.1, -0.05) is 25.1 Å². The molecule has 2 N–H and O–H groups in total. The summed E-state index contributed by atoms with van der Waals surface area (Å²) in [4.78, 5) is 23.0. The van der Waals surface area contributed by atoms with Gasteiger partial charge >= 0.3 is 6.03 Å². The smallest absolute Gasteiger partial charge is 0.321 e. The lowest BCUT2D eigenvalue weighted by Gasteiger charge is -2.04. The van der Waals surface area contributed by atoms with Crippen LogP contribution in [0.1, 0.15) is 19.8 Å². The molecule has 0 aliphatic carbocycles. The van der Waals surface area contributed by atoms with E-state index in [4.69, 9.17) is 8.83 Å². The largest absolute Gasteiger partial charge is 0.459 e. The quantitative estimate of drug-likeness (QED) is 0.592. The second-order valence-electron chi connectivity index (χ2n) is 4.30. The van der Waals surface area contributed by atoms with Gasteiger partial charge in [0.2, 0.25) is 5.91 Å². The van der Waals surface area contributed by atoms with Gasteiger partial charge in [-0.15, -0.1) is 10.2 Å². The molecule has 2 rings (SSSR count). The van der Waals surface area contributed by atoms with E-state index in [2.05, 4.69) is 20.8 Å². The number of imide groups is 1. The monoisotopic (exact) mass is 324 g/mol. The standard InChI is InChI=1S/C13H16N4O4S/c1-2-3-6-14-12(19)15-10(18)8-22-13-17-16-11(21-13)9-5-4-7-20-9/h4-5,7H,2-3,6,8H2,1H3,(H2,14,15,18,19). The van der Waals surface area contributed by atoms with Gasteiger partial charge in [0.15, 0.2) is 5.76 Å². The van der Waals surface area contributed by atoms with Crippen LogP contribution in [0.25, 0.3) is 11.7 Å². The normalized spacial score (nSPS) is 10.4. The number of hydrogen-bond donors (Lipinski definition) is 2. The van der Waals surface area contributed by atoms with E-state index < -0.39 is 11.9 Å². The van der Waals surface area contributed by atoms with Crippen LogP contribution in [-0.2, 0) is 4.79 Å². The van der Waals surface area contributed by atoms with Gasteiger partial charge in [-0.05, 0) is 18.6 Å². The maximum Gasteiger partial charge on any atom is 0.321 e. The van der Waals surface area contributed by atoms with E-state index in [1.54, 1.807) is 12.1 Å². The zero-order valence-electron chi connectivity index (χ0n) is 12.0. The van der Waals surface area contributed by atoms with Gasteiger partial charge in [0.05, 0.1) is 12.0 Å². The van der Waals surface area contributed by atoms with E-state index in [0.717, 1.165) is 24.6 Å². The van der Waals surface area contributed by atoms with Gasteiger partial charge in [-0.25, -0.2) is 4.79 Å². The van der Waals surface area contributed by atoms with E-state index in [-0.39, 0.29) is 16.9 Å². The highest BCUT2D eigenvalue weighted by molar-refractivity contribution is 7.99. The van der Waals surface area contributed by atoms with Gasteiger partial charge in [0, 0.05) is 6.54 Å². The molecule has 0 saturated carbocycles. The average molecular weight is 324 g/mol. The minimum atomic E-state index is -0.499. The summed E-state index contributed by atoms with van der Waals surface area (Å²) in [7, 11) is 0. The Morgan fingerprint density at radius 3 is 2.95 bits per heavy atom. The Bertz CT molecular complexity index is 611. The molecule has 0 aliphatic heterocycles. The molecule has 0 unspecified atom stereocenters. The van der Waals surface area contributed by atoms with Crippen LogP contribution in [0.5, 0.6) is 0 Å². The molecule has 0 saturated heterocycles. The van der Waals surface area contributed by atoms with Crippen LogP contribution < -0.4 is 10.6 Å². The Hall–Kier alpha value is -2.29. The molecule has 2 aromatic rings. The first-order valence-electron chi connectivity index (χ1n) is 6.77. The maximum atomic E-state index is 11.6. The molecule has 0 spiro atoms. The van der Waals surface area contributed by atoms with E-state index in [1.165, 1.54) is 6.26 Å². The number of urea groups is 1. The zero-order chi connectivity index (χ0) is 15.8. The number of thioether (sulfide) groups is 1. The van der Waals surface area contributed by atoms with Crippen molar-refractivity contribution in [2.75, 3.05) is 12.3 Å². The fraction of sp³-hybridized carbons (Fsp3) is 0.385. The molecule has 22 heavy (non-hydrogen) atoms. The van der Waals surface area contributed by atoms with E-state index in [0.29, 0.717) is 12.3 Å². The van der Waals surface area contributed by atoms with Crippen molar-refractivity contribution < 1.29 is 18.4 Å². The minimum Gasteiger partial charge on any atom is -0.459 e. The first-order chi connectivity index (χ1) is 10.7. The SMILES string of the molecule is CCCCNC(=O)NC(=O)CSc1nnc(-c2ccco2)o1. The number of nitrogens with one attached hydrogen (secondary N) is 2. The van der Waals surface area contributed by atoms with Crippen LogP contribution in [0.4, 0.5) is 4.79 Å². The Morgan fingerprint density at radius 2 is 2.23 bits per heavy atom. The van der Waals surface area contributed by atoms with Crippen molar-refractivity contribution in [1.82, 2.24) is 20.8 Å². The lowest BCUT2D eigenvalue weighted by Crippen LogP contribution is -2.40. The fourth-order valence-corrected chi connectivity index (χ4v) is 2.04.